The third-order valence-electron chi connectivity index (χ3n) is 10.3. The van der Waals surface area contributed by atoms with Gasteiger partial charge in [-0.05, 0) is 68.6 Å². The molecule has 3 saturated carbocycles. The van der Waals surface area contributed by atoms with Crippen LogP contribution >= 0.6 is 0 Å². The maximum absolute atomic E-state index is 13.2. The first-order chi connectivity index (χ1) is 15.2. The van der Waals surface area contributed by atoms with Crippen molar-refractivity contribution >= 4 is 11.8 Å². The molecule has 0 aromatic rings. The van der Waals surface area contributed by atoms with Crippen molar-refractivity contribution < 1.29 is 24.1 Å². The van der Waals surface area contributed by atoms with Crippen LogP contribution in [0.2, 0.25) is 0 Å². The summed E-state index contributed by atoms with van der Waals surface area (Å²) in [5.41, 5.74) is 4.33. The number of carbonyl (C=O) groups excluding carboxylic acids is 2. The number of ketones is 1. The van der Waals surface area contributed by atoms with Gasteiger partial charge in [-0.2, -0.15) is 0 Å². The van der Waals surface area contributed by atoms with E-state index in [2.05, 4.69) is 25.4 Å². The van der Waals surface area contributed by atoms with Gasteiger partial charge in [-0.15, -0.1) is 10.2 Å². The molecule has 7 nitrogen and oxygen atoms in total. The lowest BCUT2D eigenvalue weighted by Crippen LogP contribution is -2.59. The fourth-order valence-electron chi connectivity index (χ4n) is 8.88. The van der Waals surface area contributed by atoms with Crippen LogP contribution in [-0.2, 0) is 24.1 Å². The summed E-state index contributed by atoms with van der Waals surface area (Å²) in [5, 5.41) is 1.44. The second-order valence-electron chi connectivity index (χ2n) is 11.4. The minimum Gasteiger partial charge on any atom is -0.462 e. The van der Waals surface area contributed by atoms with E-state index >= 15 is 0 Å². The van der Waals surface area contributed by atoms with Crippen LogP contribution in [0.5, 0.6) is 0 Å². The van der Waals surface area contributed by atoms with E-state index in [9.17, 15) is 9.59 Å². The van der Waals surface area contributed by atoms with Gasteiger partial charge in [0.2, 0.25) is 0 Å². The van der Waals surface area contributed by atoms with Crippen molar-refractivity contribution in [2.75, 3.05) is 0 Å². The number of fused-ring (bicyclic) bond motifs is 9. The van der Waals surface area contributed by atoms with Gasteiger partial charge >= 0.3 is 5.97 Å². The van der Waals surface area contributed by atoms with Gasteiger partial charge in [-0.25, -0.2) is 10.3 Å². The number of Topliss-reactive ketones (excluding diaryl/α,β-unsaturated/α-hetero) is 1. The van der Waals surface area contributed by atoms with Gasteiger partial charge in [0, 0.05) is 24.7 Å². The lowest BCUT2D eigenvalue weighted by Gasteiger charge is -2.58. The molecule has 0 radical (unpaired) electrons. The number of ether oxygens (including phenoxy) is 1. The summed E-state index contributed by atoms with van der Waals surface area (Å²) in [4.78, 5) is 36.5. The molecule has 0 bridgehead atoms. The van der Waals surface area contributed by atoms with Gasteiger partial charge < -0.3 is 4.74 Å². The number of hydroxylamine groups is 3. The van der Waals surface area contributed by atoms with E-state index in [4.69, 9.17) is 14.5 Å². The van der Waals surface area contributed by atoms with Crippen molar-refractivity contribution in [3.63, 3.8) is 0 Å². The molecular weight excluding hydrogens is 408 g/mol. The predicted molar refractivity (Wildman–Crippen MR) is 115 cm³/mol. The molecule has 6 aliphatic rings. The van der Waals surface area contributed by atoms with Crippen molar-refractivity contribution in [1.29, 1.82) is 0 Å². The van der Waals surface area contributed by atoms with E-state index in [0.29, 0.717) is 17.8 Å². The molecule has 0 unspecified atom stereocenters. The van der Waals surface area contributed by atoms with Gasteiger partial charge in [0.05, 0.1) is 11.9 Å². The minimum atomic E-state index is -0.839. The third-order valence-corrected chi connectivity index (χ3v) is 10.3. The quantitative estimate of drug-likeness (QED) is 0.512. The Balaban J connectivity index is 1.34. The molecule has 4 aliphatic carbocycles. The molecule has 0 aromatic heterocycles. The van der Waals surface area contributed by atoms with E-state index < -0.39 is 5.60 Å². The Morgan fingerprint density at radius 3 is 2.75 bits per heavy atom. The standard InChI is InChI=1S/C25H34N2O5/c1-14(28)25-21(22-13-26-32-27(22)31-25)12-20-18-6-5-16-11-17(30-15(2)29)7-9-23(16,3)19(18)8-10-24(20,25)4/h5,13,17-21,26H,6-12H2,1-4H3/t17-,18+,19-,20-,21-,23-,24-,25+/m0/s1. The average Bonchev–Trinajstić information content (AvgIpc) is 3.37. The summed E-state index contributed by atoms with van der Waals surface area (Å²) in [6, 6.07) is 0. The molecule has 1 saturated heterocycles. The van der Waals surface area contributed by atoms with Crippen LogP contribution in [0.1, 0.15) is 72.6 Å². The molecule has 4 fully saturated rings. The Kier molecular flexibility index (Phi) is 4.27. The Morgan fingerprint density at radius 1 is 1.19 bits per heavy atom. The summed E-state index contributed by atoms with van der Waals surface area (Å²) < 4.78 is 5.57. The van der Waals surface area contributed by atoms with Crippen LogP contribution in [-0.4, -0.2) is 28.7 Å². The maximum Gasteiger partial charge on any atom is 0.302 e. The van der Waals surface area contributed by atoms with Crippen LogP contribution in [0.25, 0.3) is 0 Å². The van der Waals surface area contributed by atoms with Crippen molar-refractivity contribution in [2.45, 2.75) is 84.3 Å². The zero-order chi connectivity index (χ0) is 22.5. The lowest BCUT2D eigenvalue weighted by atomic mass is 9.46. The highest BCUT2D eigenvalue weighted by Gasteiger charge is 2.75. The number of carbonyl (C=O) groups is 2. The third kappa shape index (κ3) is 2.39. The molecule has 0 amide bonds. The van der Waals surface area contributed by atoms with Crippen molar-refractivity contribution in [1.82, 2.24) is 10.7 Å². The highest BCUT2D eigenvalue weighted by molar-refractivity contribution is 5.88. The Bertz CT molecular complexity index is 945. The number of hydrogen-bond acceptors (Lipinski definition) is 7. The molecule has 2 aliphatic heterocycles. The van der Waals surface area contributed by atoms with Crippen molar-refractivity contribution in [3.8, 4) is 0 Å². The molecule has 2 heterocycles. The number of hydrogen-bond donors (Lipinski definition) is 1. The van der Waals surface area contributed by atoms with Crippen LogP contribution in [0, 0.1) is 34.5 Å². The Labute approximate surface area is 189 Å². The highest BCUT2D eigenvalue weighted by Crippen LogP contribution is 2.72. The SMILES string of the molecule is CC(=O)O[C@H]1CC[C@@]2(C)C(=CC[C@@H]3[C@@H]2CC[C@@]2(C)[C@H]3C[C@H]3C4=CNON4O[C@]32C(C)=O)C1. The molecule has 32 heavy (non-hydrogen) atoms. The van der Waals surface area contributed by atoms with E-state index in [1.807, 2.05) is 6.20 Å². The van der Waals surface area contributed by atoms with E-state index in [0.717, 1.165) is 50.6 Å². The Morgan fingerprint density at radius 2 is 2.00 bits per heavy atom. The van der Waals surface area contributed by atoms with E-state index in [1.54, 1.807) is 6.92 Å². The van der Waals surface area contributed by atoms with E-state index in [1.165, 1.54) is 17.7 Å². The number of allylic oxidation sites excluding steroid dienone is 1. The number of esters is 1. The summed E-state index contributed by atoms with van der Waals surface area (Å²) in [7, 11) is 0. The van der Waals surface area contributed by atoms with Gasteiger partial charge in [0.15, 0.2) is 11.4 Å². The number of nitrogens with one attached hydrogen (secondary N) is 1. The summed E-state index contributed by atoms with van der Waals surface area (Å²) in [6.45, 7) is 7.94. The molecular formula is C25H34N2O5. The van der Waals surface area contributed by atoms with Gasteiger partial charge in [-0.3, -0.25) is 9.59 Å². The van der Waals surface area contributed by atoms with Gasteiger partial charge in [0.1, 0.15) is 6.10 Å². The minimum absolute atomic E-state index is 0.0187. The highest BCUT2D eigenvalue weighted by atomic mass is 17.0. The van der Waals surface area contributed by atoms with Gasteiger partial charge in [-0.1, -0.05) is 25.5 Å². The molecule has 0 aromatic carbocycles. The predicted octanol–water partition coefficient (Wildman–Crippen LogP) is 3.97. The summed E-state index contributed by atoms with van der Waals surface area (Å²) in [5.74, 6) is 1.54. The fourth-order valence-corrected chi connectivity index (χ4v) is 8.88. The van der Waals surface area contributed by atoms with Crippen LogP contribution in [0.15, 0.2) is 23.5 Å². The molecule has 8 atom stereocenters. The molecule has 1 N–H and O–H groups in total. The fraction of sp³-hybridized carbons (Fsp3) is 0.760. The van der Waals surface area contributed by atoms with Crippen LogP contribution in [0.4, 0.5) is 0 Å². The summed E-state index contributed by atoms with van der Waals surface area (Å²) >= 11 is 0. The van der Waals surface area contributed by atoms with Crippen LogP contribution < -0.4 is 5.48 Å². The van der Waals surface area contributed by atoms with Crippen molar-refractivity contribution in [2.24, 2.45) is 34.5 Å². The maximum atomic E-state index is 13.2. The largest absolute Gasteiger partial charge is 0.462 e. The zero-order valence-corrected chi connectivity index (χ0v) is 19.5. The number of nitrogens with zero attached hydrogens (tertiary/aromatic N) is 1. The molecule has 7 heteroatoms. The van der Waals surface area contributed by atoms with Crippen molar-refractivity contribution in [3.05, 3.63) is 23.5 Å². The molecule has 0 spiro atoms. The normalized spacial score (nSPS) is 48.4. The van der Waals surface area contributed by atoms with E-state index in [-0.39, 0.29) is 34.6 Å². The monoisotopic (exact) mass is 442 g/mol. The lowest BCUT2D eigenvalue weighted by molar-refractivity contribution is -0.376. The topological polar surface area (TPSA) is 77.1 Å². The summed E-state index contributed by atoms with van der Waals surface area (Å²) in [6.07, 6.45) is 11.3. The zero-order valence-electron chi connectivity index (χ0n) is 19.5. The van der Waals surface area contributed by atoms with Crippen LogP contribution in [0.3, 0.4) is 0 Å². The smallest absolute Gasteiger partial charge is 0.302 e. The first-order valence-corrected chi connectivity index (χ1v) is 12.2. The number of rotatable bonds is 2. The second-order valence-corrected chi connectivity index (χ2v) is 11.4. The molecule has 174 valence electrons. The Hall–Kier alpha value is -1.86. The van der Waals surface area contributed by atoms with Gasteiger partial charge in [0.25, 0.3) is 0 Å². The second kappa shape index (κ2) is 6.60. The average molecular weight is 443 g/mol. The first kappa shape index (κ1) is 20.7. The molecule has 6 rings (SSSR count). The first-order valence-electron chi connectivity index (χ1n) is 12.2.